The summed E-state index contributed by atoms with van der Waals surface area (Å²) in [5, 5.41) is 10.5. The van der Waals surface area contributed by atoms with Gasteiger partial charge in [-0.05, 0) is 57.1 Å². The zero-order chi connectivity index (χ0) is 15.8. The average Bonchev–Trinajstić information content (AvgIpc) is 2.50. The van der Waals surface area contributed by atoms with E-state index in [9.17, 15) is 9.90 Å². The lowest BCUT2D eigenvalue weighted by Crippen LogP contribution is -2.33. The molecule has 0 radical (unpaired) electrons. The summed E-state index contributed by atoms with van der Waals surface area (Å²) in [4.78, 5) is 12.2. The SMILES string of the molecule is NCCC1(O)CCCC(C(=O)OCc2ccccc2)CCC1. The van der Waals surface area contributed by atoms with Crippen LogP contribution in [0.15, 0.2) is 30.3 Å². The van der Waals surface area contributed by atoms with Gasteiger partial charge in [-0.3, -0.25) is 4.79 Å². The number of aliphatic hydroxyl groups is 1. The Labute approximate surface area is 132 Å². The molecule has 0 bridgehead atoms. The summed E-state index contributed by atoms with van der Waals surface area (Å²) in [6.45, 7) is 0.854. The second-order valence-corrected chi connectivity index (χ2v) is 6.34. The summed E-state index contributed by atoms with van der Waals surface area (Å²) < 4.78 is 5.44. The first kappa shape index (κ1) is 17.0. The van der Waals surface area contributed by atoms with Crippen molar-refractivity contribution < 1.29 is 14.6 Å². The summed E-state index contributed by atoms with van der Waals surface area (Å²) in [5.74, 6) is -0.140. The van der Waals surface area contributed by atoms with Crippen molar-refractivity contribution in [2.75, 3.05) is 6.54 Å². The van der Waals surface area contributed by atoms with Crippen LogP contribution in [0.2, 0.25) is 0 Å². The normalized spacial score (nSPS) is 26.0. The van der Waals surface area contributed by atoms with Crippen molar-refractivity contribution in [3.8, 4) is 0 Å². The minimum absolute atomic E-state index is 0.0360. The van der Waals surface area contributed by atoms with E-state index in [1.807, 2.05) is 30.3 Å². The highest BCUT2D eigenvalue weighted by Crippen LogP contribution is 2.31. The molecular weight excluding hydrogens is 278 g/mol. The van der Waals surface area contributed by atoms with E-state index < -0.39 is 5.60 Å². The van der Waals surface area contributed by atoms with Crippen molar-refractivity contribution in [1.82, 2.24) is 0 Å². The second-order valence-electron chi connectivity index (χ2n) is 6.34. The van der Waals surface area contributed by atoms with Crippen molar-refractivity contribution in [3.05, 3.63) is 35.9 Å². The molecule has 0 aromatic heterocycles. The van der Waals surface area contributed by atoms with E-state index in [4.69, 9.17) is 10.5 Å². The van der Waals surface area contributed by atoms with Gasteiger partial charge in [0.15, 0.2) is 0 Å². The predicted octanol–water partition coefficient (Wildman–Crippen LogP) is 2.78. The Kier molecular flexibility index (Phi) is 6.40. The van der Waals surface area contributed by atoms with Gasteiger partial charge >= 0.3 is 5.97 Å². The standard InChI is InChI=1S/C18H27NO3/c19-13-12-18(21)10-4-8-16(9-5-11-18)17(20)22-14-15-6-2-1-3-7-15/h1-3,6-7,16,21H,4-5,8-14,19H2. The molecule has 1 aromatic carbocycles. The molecule has 0 unspecified atom stereocenters. The number of carbonyl (C=O) groups excluding carboxylic acids is 1. The summed E-state index contributed by atoms with van der Waals surface area (Å²) in [5.41, 5.74) is 5.95. The van der Waals surface area contributed by atoms with Crippen LogP contribution in [-0.4, -0.2) is 23.2 Å². The zero-order valence-electron chi connectivity index (χ0n) is 13.2. The first-order chi connectivity index (χ1) is 10.6. The maximum atomic E-state index is 12.2. The van der Waals surface area contributed by atoms with Crippen molar-refractivity contribution >= 4 is 5.97 Å². The monoisotopic (exact) mass is 305 g/mol. The lowest BCUT2D eigenvalue weighted by Gasteiger charge is -2.31. The zero-order valence-corrected chi connectivity index (χ0v) is 13.2. The van der Waals surface area contributed by atoms with Crippen LogP contribution < -0.4 is 5.73 Å². The number of ether oxygens (including phenoxy) is 1. The first-order valence-corrected chi connectivity index (χ1v) is 8.26. The minimum atomic E-state index is -0.631. The summed E-state index contributed by atoms with van der Waals surface area (Å²) >= 11 is 0. The van der Waals surface area contributed by atoms with Gasteiger partial charge in [0.1, 0.15) is 6.61 Å². The van der Waals surface area contributed by atoms with Gasteiger partial charge in [0.25, 0.3) is 0 Å². The van der Waals surface area contributed by atoms with Gasteiger partial charge < -0.3 is 15.6 Å². The van der Waals surface area contributed by atoms with Crippen molar-refractivity contribution in [2.45, 2.75) is 57.2 Å². The van der Waals surface area contributed by atoms with Crippen LogP contribution in [0.25, 0.3) is 0 Å². The van der Waals surface area contributed by atoms with Crippen LogP contribution in [0.1, 0.15) is 50.5 Å². The Bertz CT molecular complexity index is 451. The molecule has 1 saturated carbocycles. The molecule has 0 amide bonds. The first-order valence-electron chi connectivity index (χ1n) is 8.26. The van der Waals surface area contributed by atoms with E-state index in [-0.39, 0.29) is 11.9 Å². The minimum Gasteiger partial charge on any atom is -0.461 e. The number of benzene rings is 1. The summed E-state index contributed by atoms with van der Waals surface area (Å²) in [7, 11) is 0. The number of nitrogens with two attached hydrogens (primary N) is 1. The average molecular weight is 305 g/mol. The van der Waals surface area contributed by atoms with Gasteiger partial charge in [0, 0.05) is 0 Å². The molecule has 3 N–H and O–H groups in total. The van der Waals surface area contributed by atoms with Crippen LogP contribution in [0.4, 0.5) is 0 Å². The third-order valence-corrected chi connectivity index (χ3v) is 4.56. The topological polar surface area (TPSA) is 72.5 Å². The molecular formula is C18H27NO3. The molecule has 1 aliphatic carbocycles. The van der Waals surface area contributed by atoms with Crippen molar-refractivity contribution in [3.63, 3.8) is 0 Å². The van der Waals surface area contributed by atoms with Gasteiger partial charge in [0.05, 0.1) is 11.5 Å². The van der Waals surface area contributed by atoms with Crippen molar-refractivity contribution in [1.29, 1.82) is 0 Å². The Morgan fingerprint density at radius 1 is 1.23 bits per heavy atom. The molecule has 0 saturated heterocycles. The van der Waals surface area contributed by atoms with Gasteiger partial charge in [-0.2, -0.15) is 0 Å². The lowest BCUT2D eigenvalue weighted by molar-refractivity contribution is -0.151. The van der Waals surface area contributed by atoms with Gasteiger partial charge in [0.2, 0.25) is 0 Å². The molecule has 0 heterocycles. The lowest BCUT2D eigenvalue weighted by atomic mass is 9.81. The number of carbonyl (C=O) groups is 1. The van der Waals surface area contributed by atoms with E-state index in [1.54, 1.807) is 0 Å². The summed E-state index contributed by atoms with van der Waals surface area (Å²) in [6, 6.07) is 9.74. The molecule has 0 atom stereocenters. The molecule has 4 heteroatoms. The van der Waals surface area contributed by atoms with E-state index in [0.717, 1.165) is 44.1 Å². The van der Waals surface area contributed by atoms with Crippen molar-refractivity contribution in [2.24, 2.45) is 11.7 Å². The fourth-order valence-corrected chi connectivity index (χ4v) is 3.23. The largest absolute Gasteiger partial charge is 0.461 e. The van der Waals surface area contributed by atoms with Gasteiger partial charge in [-0.1, -0.05) is 30.3 Å². The molecule has 0 spiro atoms. The molecule has 4 nitrogen and oxygen atoms in total. The van der Waals surface area contributed by atoms with E-state index >= 15 is 0 Å². The quantitative estimate of drug-likeness (QED) is 0.821. The number of esters is 1. The molecule has 1 fully saturated rings. The van der Waals surface area contributed by atoms with Crippen LogP contribution in [0, 0.1) is 5.92 Å². The molecule has 0 aliphatic heterocycles. The fourth-order valence-electron chi connectivity index (χ4n) is 3.23. The molecule has 1 aliphatic rings. The van der Waals surface area contributed by atoms with Crippen LogP contribution in [-0.2, 0) is 16.1 Å². The Hall–Kier alpha value is -1.39. The fraction of sp³-hybridized carbons (Fsp3) is 0.611. The molecule has 22 heavy (non-hydrogen) atoms. The second kappa shape index (κ2) is 8.30. The van der Waals surface area contributed by atoms with Crippen LogP contribution in [0.3, 0.4) is 0 Å². The maximum absolute atomic E-state index is 12.2. The van der Waals surface area contributed by atoms with Crippen LogP contribution in [0.5, 0.6) is 0 Å². The molecule has 2 rings (SSSR count). The Morgan fingerprint density at radius 3 is 2.45 bits per heavy atom. The van der Waals surface area contributed by atoms with E-state index in [0.29, 0.717) is 19.6 Å². The maximum Gasteiger partial charge on any atom is 0.309 e. The number of rotatable bonds is 5. The molecule has 122 valence electrons. The Balaban J connectivity index is 1.79. The molecule has 1 aromatic rings. The summed E-state index contributed by atoms with van der Waals surface area (Å²) in [6.07, 6.45) is 5.39. The predicted molar refractivity (Wildman–Crippen MR) is 86.1 cm³/mol. The highest BCUT2D eigenvalue weighted by atomic mass is 16.5. The third-order valence-electron chi connectivity index (χ3n) is 4.56. The van der Waals surface area contributed by atoms with Gasteiger partial charge in [-0.15, -0.1) is 0 Å². The van der Waals surface area contributed by atoms with E-state index in [1.165, 1.54) is 0 Å². The number of hydrogen-bond acceptors (Lipinski definition) is 4. The van der Waals surface area contributed by atoms with Crippen LogP contribution >= 0.6 is 0 Å². The Morgan fingerprint density at radius 2 is 1.86 bits per heavy atom. The highest BCUT2D eigenvalue weighted by Gasteiger charge is 2.30. The van der Waals surface area contributed by atoms with Gasteiger partial charge in [-0.25, -0.2) is 0 Å². The highest BCUT2D eigenvalue weighted by molar-refractivity contribution is 5.72. The third kappa shape index (κ3) is 5.11. The smallest absolute Gasteiger partial charge is 0.309 e. The van der Waals surface area contributed by atoms with E-state index in [2.05, 4.69) is 0 Å². The number of hydrogen-bond donors (Lipinski definition) is 2.